The van der Waals surface area contributed by atoms with Gasteiger partial charge < -0.3 is 10.1 Å². The van der Waals surface area contributed by atoms with E-state index >= 15 is 0 Å². The summed E-state index contributed by atoms with van der Waals surface area (Å²) in [5, 5.41) is 3.44. The van der Waals surface area contributed by atoms with Gasteiger partial charge in [0.15, 0.2) is 0 Å². The molecule has 1 atom stereocenters. The summed E-state index contributed by atoms with van der Waals surface area (Å²) in [5.41, 5.74) is 1.28. The second-order valence-electron chi connectivity index (χ2n) is 7.43. The van der Waals surface area contributed by atoms with Gasteiger partial charge in [0.05, 0.1) is 24.4 Å². The summed E-state index contributed by atoms with van der Waals surface area (Å²) in [6, 6.07) is 9.83. The van der Waals surface area contributed by atoms with Crippen molar-refractivity contribution in [2.24, 2.45) is 5.92 Å². The van der Waals surface area contributed by atoms with E-state index in [-0.39, 0.29) is 30.7 Å². The summed E-state index contributed by atoms with van der Waals surface area (Å²) in [4.78, 5) is 43.0. The lowest BCUT2D eigenvalue weighted by atomic mass is 10.0. The number of carbonyl (C=O) groups is 2. The number of aryl methyl sites for hydroxylation is 1. The monoisotopic (exact) mass is 425 g/mol. The summed E-state index contributed by atoms with van der Waals surface area (Å²) in [6.07, 6.45) is 3.53. The number of esters is 1. The van der Waals surface area contributed by atoms with Crippen LogP contribution in [-0.2, 0) is 16.1 Å². The molecular formula is C22H23N3O4S. The van der Waals surface area contributed by atoms with Gasteiger partial charge in [0.1, 0.15) is 16.3 Å². The zero-order chi connectivity index (χ0) is 21.3. The molecule has 1 amide bonds. The van der Waals surface area contributed by atoms with Crippen molar-refractivity contribution in [3.63, 3.8) is 0 Å². The molecule has 2 aromatic heterocycles. The Labute approximate surface area is 177 Å². The Morgan fingerprint density at radius 3 is 2.70 bits per heavy atom. The van der Waals surface area contributed by atoms with Crippen LogP contribution in [0.15, 0.2) is 41.5 Å². The van der Waals surface area contributed by atoms with E-state index in [1.165, 1.54) is 10.9 Å². The number of aromatic nitrogens is 2. The lowest BCUT2D eigenvalue weighted by molar-refractivity contribution is -0.122. The van der Waals surface area contributed by atoms with E-state index < -0.39 is 5.97 Å². The summed E-state index contributed by atoms with van der Waals surface area (Å²) >= 11 is 1.13. The number of rotatable bonds is 7. The van der Waals surface area contributed by atoms with Gasteiger partial charge in [-0.05, 0) is 43.7 Å². The van der Waals surface area contributed by atoms with E-state index in [1.54, 1.807) is 13.8 Å². The maximum Gasteiger partial charge on any atom is 0.348 e. The van der Waals surface area contributed by atoms with Crippen molar-refractivity contribution >= 4 is 33.4 Å². The van der Waals surface area contributed by atoms with Gasteiger partial charge in [0.25, 0.3) is 5.56 Å². The lowest BCUT2D eigenvalue weighted by Gasteiger charge is -2.19. The Hall–Kier alpha value is -3.00. The maximum atomic E-state index is 13.0. The molecule has 4 rings (SSSR count). The Kier molecular flexibility index (Phi) is 5.67. The molecular weight excluding hydrogens is 402 g/mol. The highest BCUT2D eigenvalue weighted by atomic mass is 32.1. The van der Waals surface area contributed by atoms with Crippen molar-refractivity contribution < 1.29 is 14.3 Å². The van der Waals surface area contributed by atoms with Crippen LogP contribution < -0.4 is 10.9 Å². The number of ether oxygens (including phenoxy) is 1. The van der Waals surface area contributed by atoms with Crippen LogP contribution in [0.3, 0.4) is 0 Å². The first kappa shape index (κ1) is 20.3. The molecule has 1 N–H and O–H groups in total. The molecule has 0 radical (unpaired) electrons. The number of hydrogen-bond acceptors (Lipinski definition) is 6. The van der Waals surface area contributed by atoms with Crippen molar-refractivity contribution in [1.29, 1.82) is 0 Å². The van der Waals surface area contributed by atoms with Crippen LogP contribution in [0.5, 0.6) is 0 Å². The Morgan fingerprint density at radius 1 is 1.30 bits per heavy atom. The van der Waals surface area contributed by atoms with Crippen molar-refractivity contribution in [2.75, 3.05) is 6.61 Å². The zero-order valence-corrected chi connectivity index (χ0v) is 17.7. The Bertz CT molecular complexity index is 1150. The first-order valence-electron chi connectivity index (χ1n) is 9.99. The highest BCUT2D eigenvalue weighted by Crippen LogP contribution is 2.40. The highest BCUT2D eigenvalue weighted by Gasteiger charge is 2.33. The van der Waals surface area contributed by atoms with Gasteiger partial charge >= 0.3 is 5.97 Å². The van der Waals surface area contributed by atoms with E-state index in [0.717, 1.165) is 29.7 Å². The van der Waals surface area contributed by atoms with Crippen molar-refractivity contribution in [1.82, 2.24) is 14.9 Å². The molecule has 1 aromatic carbocycles. The average molecular weight is 426 g/mol. The summed E-state index contributed by atoms with van der Waals surface area (Å²) in [7, 11) is 0. The van der Waals surface area contributed by atoms with E-state index in [1.807, 2.05) is 30.3 Å². The van der Waals surface area contributed by atoms with Crippen LogP contribution in [0.1, 0.15) is 46.6 Å². The second-order valence-corrected chi connectivity index (χ2v) is 8.43. The van der Waals surface area contributed by atoms with Crippen LogP contribution >= 0.6 is 11.3 Å². The average Bonchev–Trinajstić information content (AvgIpc) is 3.52. The number of nitrogens with one attached hydrogen (secondary N) is 1. The third kappa shape index (κ3) is 4.00. The molecule has 1 unspecified atom stereocenters. The van der Waals surface area contributed by atoms with Crippen LogP contribution in [0, 0.1) is 12.8 Å². The van der Waals surface area contributed by atoms with Crippen molar-refractivity contribution in [3.05, 3.63) is 63.0 Å². The summed E-state index contributed by atoms with van der Waals surface area (Å²) in [5.74, 6) is -0.269. The third-order valence-corrected chi connectivity index (χ3v) is 6.44. The molecule has 3 aromatic rings. The maximum absolute atomic E-state index is 13.0. The normalized spacial score (nSPS) is 14.5. The predicted molar refractivity (Wildman–Crippen MR) is 115 cm³/mol. The lowest BCUT2D eigenvalue weighted by Crippen LogP contribution is -2.35. The van der Waals surface area contributed by atoms with E-state index in [4.69, 9.17) is 4.74 Å². The van der Waals surface area contributed by atoms with Crippen LogP contribution in [0.2, 0.25) is 0 Å². The first-order chi connectivity index (χ1) is 14.5. The number of fused-ring (bicyclic) bond motifs is 1. The van der Waals surface area contributed by atoms with Gasteiger partial charge in [0.2, 0.25) is 5.91 Å². The molecule has 156 valence electrons. The molecule has 30 heavy (non-hydrogen) atoms. The van der Waals surface area contributed by atoms with Gasteiger partial charge in [0, 0.05) is 0 Å². The fourth-order valence-corrected chi connectivity index (χ4v) is 4.63. The largest absolute Gasteiger partial charge is 0.462 e. The van der Waals surface area contributed by atoms with Crippen LogP contribution in [0.25, 0.3) is 10.2 Å². The van der Waals surface area contributed by atoms with E-state index in [9.17, 15) is 14.4 Å². The fraction of sp³-hybridized carbons (Fsp3) is 0.364. The minimum absolute atomic E-state index is 0.0515. The number of carbonyl (C=O) groups excluding carboxylic acids is 2. The minimum atomic E-state index is -0.461. The Balaban J connectivity index is 1.57. The van der Waals surface area contributed by atoms with Gasteiger partial charge in [-0.25, -0.2) is 9.78 Å². The number of benzene rings is 1. The number of hydrogen-bond donors (Lipinski definition) is 1. The molecule has 7 nitrogen and oxygen atoms in total. The number of thiophene rings is 1. The molecule has 8 heteroatoms. The first-order valence-corrected chi connectivity index (χ1v) is 10.8. The Morgan fingerprint density at radius 2 is 2.03 bits per heavy atom. The van der Waals surface area contributed by atoms with Crippen LogP contribution in [0.4, 0.5) is 0 Å². The molecule has 0 bridgehead atoms. The second kappa shape index (κ2) is 8.39. The topological polar surface area (TPSA) is 90.3 Å². The smallest absolute Gasteiger partial charge is 0.348 e. The minimum Gasteiger partial charge on any atom is -0.462 e. The quantitative estimate of drug-likeness (QED) is 0.587. The van der Waals surface area contributed by atoms with Gasteiger partial charge in [-0.2, -0.15) is 0 Å². The standard InChI is InChI=1S/C22H23N3O4S/c1-3-29-22(28)19-13(2)17-20(30-19)23-12-25(21(17)27)11-16(26)24-18(15-9-10-15)14-7-5-4-6-8-14/h4-8,12,15,18H,3,9-11H2,1-2H3,(H,24,26). The van der Waals surface area contributed by atoms with Gasteiger partial charge in [-0.1, -0.05) is 30.3 Å². The van der Waals surface area contributed by atoms with Crippen LogP contribution in [-0.4, -0.2) is 28.0 Å². The van der Waals surface area contributed by atoms with Crippen molar-refractivity contribution in [3.8, 4) is 0 Å². The molecule has 0 saturated heterocycles. The summed E-state index contributed by atoms with van der Waals surface area (Å²) < 4.78 is 6.35. The zero-order valence-electron chi connectivity index (χ0n) is 16.9. The van der Waals surface area contributed by atoms with Gasteiger partial charge in [-0.15, -0.1) is 11.3 Å². The highest BCUT2D eigenvalue weighted by molar-refractivity contribution is 7.20. The molecule has 1 saturated carbocycles. The van der Waals surface area contributed by atoms with E-state index in [2.05, 4.69) is 10.3 Å². The molecule has 1 aliphatic rings. The van der Waals surface area contributed by atoms with E-state index in [0.29, 0.717) is 26.6 Å². The van der Waals surface area contributed by atoms with Gasteiger partial charge in [-0.3, -0.25) is 14.2 Å². The molecule has 0 spiro atoms. The molecule has 1 fully saturated rings. The SMILES string of the molecule is CCOC(=O)c1sc2ncn(CC(=O)NC(c3ccccc3)C3CC3)c(=O)c2c1C. The number of nitrogens with zero attached hydrogens (tertiary/aromatic N) is 2. The molecule has 0 aliphatic heterocycles. The predicted octanol–water partition coefficient (Wildman–Crippen LogP) is 3.21. The number of amides is 1. The van der Waals surface area contributed by atoms with Crippen molar-refractivity contribution in [2.45, 2.75) is 39.3 Å². The third-order valence-electron chi connectivity index (χ3n) is 5.26. The summed E-state index contributed by atoms with van der Waals surface area (Å²) in [6.45, 7) is 3.57. The molecule has 1 aliphatic carbocycles. The molecule has 2 heterocycles. The fourth-order valence-electron chi connectivity index (χ4n) is 3.60.